The molecule has 0 radical (unpaired) electrons. The van der Waals surface area contributed by atoms with E-state index < -0.39 is 28.5 Å². The van der Waals surface area contributed by atoms with Gasteiger partial charge >= 0.3 is 0 Å². The number of sulfonamides is 1. The average Bonchev–Trinajstić information content (AvgIpc) is 3.02. The van der Waals surface area contributed by atoms with Crippen molar-refractivity contribution in [1.82, 2.24) is 10.2 Å². The number of anilines is 1. The van der Waals surface area contributed by atoms with E-state index in [1.165, 1.54) is 37.3 Å². The van der Waals surface area contributed by atoms with Crippen LogP contribution in [0.1, 0.15) is 39.7 Å². The van der Waals surface area contributed by atoms with Crippen LogP contribution >= 0.6 is 11.6 Å². The van der Waals surface area contributed by atoms with E-state index in [1.54, 1.807) is 55.5 Å². The number of ether oxygens (including phenoxy) is 3. The van der Waals surface area contributed by atoms with Gasteiger partial charge in [-0.25, -0.2) is 8.42 Å². The number of carbonyl (C=O) groups excluding carboxylic acids is 2. The monoisotopic (exact) mass is 645 g/mol. The number of nitrogens with zero attached hydrogens (tertiary/aromatic N) is 2. The third-order valence-electron chi connectivity index (χ3n) is 7.09. The highest BCUT2D eigenvalue weighted by atomic mass is 35.5. The van der Waals surface area contributed by atoms with Crippen LogP contribution in [0.2, 0.25) is 5.02 Å². The van der Waals surface area contributed by atoms with Gasteiger partial charge in [-0.3, -0.25) is 13.9 Å². The topological polar surface area (TPSA) is 114 Å². The lowest BCUT2D eigenvalue weighted by Crippen LogP contribution is -2.52. The summed E-state index contributed by atoms with van der Waals surface area (Å²) in [7, 11) is -1.47. The number of hydrogen-bond donors (Lipinski definition) is 1. The van der Waals surface area contributed by atoms with Gasteiger partial charge in [0, 0.05) is 23.7 Å². The molecule has 0 heterocycles. The lowest BCUT2D eigenvalue weighted by molar-refractivity contribution is -0.139. The van der Waals surface area contributed by atoms with E-state index in [0.717, 1.165) is 9.87 Å². The minimum Gasteiger partial charge on any atom is -0.494 e. The van der Waals surface area contributed by atoms with Crippen molar-refractivity contribution in [3.63, 3.8) is 0 Å². The number of hydrogen-bond acceptors (Lipinski definition) is 7. The predicted molar refractivity (Wildman–Crippen MR) is 171 cm³/mol. The SMILES string of the molecule is CCOc1ccc(N(CC(=O)N(Cc2ccc(Cl)cc2)C(C)C(=O)NC(C)CC)S(=O)(=O)c2ccc(OC)c(OC)c2)cc1. The summed E-state index contributed by atoms with van der Waals surface area (Å²) in [6.45, 7) is 7.18. The Kier molecular flexibility index (Phi) is 12.3. The third kappa shape index (κ3) is 8.57. The molecule has 0 saturated heterocycles. The lowest BCUT2D eigenvalue weighted by atomic mass is 10.1. The van der Waals surface area contributed by atoms with Crippen LogP contribution in [-0.2, 0) is 26.2 Å². The predicted octanol–water partition coefficient (Wildman–Crippen LogP) is 5.28. The molecule has 2 amide bonds. The number of carbonyl (C=O) groups is 2. The van der Waals surface area contributed by atoms with Gasteiger partial charge < -0.3 is 24.4 Å². The molecule has 0 spiro atoms. The van der Waals surface area contributed by atoms with E-state index in [2.05, 4.69) is 5.32 Å². The second-order valence-corrected chi connectivity index (χ2v) is 12.4. The Morgan fingerprint density at radius 3 is 2.11 bits per heavy atom. The van der Waals surface area contributed by atoms with E-state index in [4.69, 9.17) is 25.8 Å². The number of rotatable bonds is 15. The first-order chi connectivity index (χ1) is 20.9. The fraction of sp³-hybridized carbons (Fsp3) is 0.375. The van der Waals surface area contributed by atoms with Crippen molar-refractivity contribution in [2.24, 2.45) is 0 Å². The van der Waals surface area contributed by atoms with E-state index in [0.29, 0.717) is 29.5 Å². The summed E-state index contributed by atoms with van der Waals surface area (Å²) in [5.41, 5.74) is 0.959. The molecular formula is C32H40ClN3O7S. The number of methoxy groups -OCH3 is 2. The Labute approximate surface area is 264 Å². The Morgan fingerprint density at radius 1 is 0.909 bits per heavy atom. The van der Waals surface area contributed by atoms with E-state index in [1.807, 2.05) is 20.8 Å². The van der Waals surface area contributed by atoms with Gasteiger partial charge in [0.15, 0.2) is 11.5 Å². The van der Waals surface area contributed by atoms with E-state index >= 15 is 0 Å². The van der Waals surface area contributed by atoms with Crippen LogP contribution in [0.4, 0.5) is 5.69 Å². The zero-order valence-electron chi connectivity index (χ0n) is 25.9. The smallest absolute Gasteiger partial charge is 0.264 e. The summed E-state index contributed by atoms with van der Waals surface area (Å²) in [4.78, 5) is 28.6. The molecule has 0 aliphatic carbocycles. The Hall–Kier alpha value is -3.96. The maximum atomic E-state index is 14.2. The summed E-state index contributed by atoms with van der Waals surface area (Å²) < 4.78 is 45.5. The van der Waals surface area contributed by atoms with Crippen molar-refractivity contribution >= 4 is 39.1 Å². The molecule has 0 aromatic heterocycles. The lowest BCUT2D eigenvalue weighted by Gasteiger charge is -2.32. The normalized spacial score (nSPS) is 12.5. The van der Waals surface area contributed by atoms with Crippen LogP contribution in [-0.4, -0.2) is 64.6 Å². The number of halogens is 1. The summed E-state index contributed by atoms with van der Waals surface area (Å²) in [6, 6.07) is 16.5. The molecule has 0 saturated carbocycles. The van der Waals surface area contributed by atoms with Gasteiger partial charge in [-0.15, -0.1) is 0 Å². The molecule has 3 rings (SSSR count). The maximum Gasteiger partial charge on any atom is 0.264 e. The molecular weight excluding hydrogens is 606 g/mol. The fourth-order valence-corrected chi connectivity index (χ4v) is 5.90. The zero-order chi connectivity index (χ0) is 32.4. The highest BCUT2D eigenvalue weighted by Crippen LogP contribution is 2.33. The Morgan fingerprint density at radius 2 is 1.55 bits per heavy atom. The summed E-state index contributed by atoms with van der Waals surface area (Å²) in [5, 5.41) is 3.44. The first kappa shape index (κ1) is 34.5. The molecule has 3 aromatic carbocycles. The molecule has 2 atom stereocenters. The molecule has 0 fully saturated rings. The summed E-state index contributed by atoms with van der Waals surface area (Å²) in [5.74, 6) is 0.184. The van der Waals surface area contributed by atoms with Gasteiger partial charge in [0.1, 0.15) is 18.3 Å². The Balaban J connectivity index is 2.07. The fourth-order valence-electron chi connectivity index (χ4n) is 4.34. The second kappa shape index (κ2) is 15.7. The van der Waals surface area contributed by atoms with Crippen LogP contribution in [0, 0.1) is 0 Å². The molecule has 44 heavy (non-hydrogen) atoms. The molecule has 2 unspecified atom stereocenters. The number of amides is 2. The molecule has 12 heteroatoms. The molecule has 1 N–H and O–H groups in total. The van der Waals surface area contributed by atoms with Crippen molar-refractivity contribution in [2.75, 3.05) is 31.7 Å². The van der Waals surface area contributed by atoms with Gasteiger partial charge in [0.25, 0.3) is 10.0 Å². The van der Waals surface area contributed by atoms with Crippen LogP contribution < -0.4 is 23.8 Å². The Bertz CT molecular complexity index is 1520. The molecule has 10 nitrogen and oxygen atoms in total. The largest absolute Gasteiger partial charge is 0.494 e. The van der Waals surface area contributed by atoms with Gasteiger partial charge in [-0.1, -0.05) is 30.7 Å². The first-order valence-corrected chi connectivity index (χ1v) is 16.1. The molecule has 0 aliphatic rings. The first-order valence-electron chi connectivity index (χ1n) is 14.3. The second-order valence-electron chi connectivity index (χ2n) is 10.1. The van der Waals surface area contributed by atoms with Gasteiger partial charge in [-0.05, 0) is 81.3 Å². The third-order valence-corrected chi connectivity index (χ3v) is 9.11. The van der Waals surface area contributed by atoms with Crippen molar-refractivity contribution in [3.05, 3.63) is 77.3 Å². The zero-order valence-corrected chi connectivity index (χ0v) is 27.4. The van der Waals surface area contributed by atoms with E-state index in [9.17, 15) is 18.0 Å². The highest BCUT2D eigenvalue weighted by Gasteiger charge is 2.33. The van der Waals surface area contributed by atoms with Gasteiger partial charge in [0.05, 0.1) is 31.4 Å². The van der Waals surface area contributed by atoms with Crippen molar-refractivity contribution in [2.45, 2.75) is 57.6 Å². The van der Waals surface area contributed by atoms with Crippen LogP contribution in [0.5, 0.6) is 17.2 Å². The quantitative estimate of drug-likeness (QED) is 0.239. The minimum atomic E-state index is -4.32. The highest BCUT2D eigenvalue weighted by molar-refractivity contribution is 7.92. The summed E-state index contributed by atoms with van der Waals surface area (Å²) >= 11 is 6.07. The van der Waals surface area contributed by atoms with Crippen LogP contribution in [0.25, 0.3) is 0 Å². The molecule has 0 bridgehead atoms. The van der Waals surface area contributed by atoms with Crippen molar-refractivity contribution < 1.29 is 32.2 Å². The molecule has 0 aliphatic heterocycles. The molecule has 238 valence electrons. The van der Waals surface area contributed by atoms with Crippen molar-refractivity contribution in [3.8, 4) is 17.2 Å². The molecule has 3 aromatic rings. The standard InChI is InChI=1S/C32H40ClN3O7S/c1-7-22(3)34-32(38)23(4)35(20-24-9-11-25(33)12-10-24)31(37)21-36(26-13-15-27(16-14-26)43-8-2)44(39,40)28-17-18-29(41-5)30(19-28)42-6/h9-19,22-23H,7-8,20-21H2,1-6H3,(H,34,38). The van der Waals surface area contributed by atoms with Gasteiger partial charge in [0.2, 0.25) is 11.8 Å². The number of benzene rings is 3. The number of nitrogens with one attached hydrogen (secondary N) is 1. The minimum absolute atomic E-state index is 0.0542. The van der Waals surface area contributed by atoms with Crippen molar-refractivity contribution in [1.29, 1.82) is 0 Å². The van der Waals surface area contributed by atoms with Crippen LogP contribution in [0.3, 0.4) is 0 Å². The average molecular weight is 646 g/mol. The summed E-state index contributed by atoms with van der Waals surface area (Å²) in [6.07, 6.45) is 0.707. The maximum absolute atomic E-state index is 14.2. The van der Waals surface area contributed by atoms with Crippen LogP contribution in [0.15, 0.2) is 71.6 Å². The van der Waals surface area contributed by atoms with E-state index in [-0.39, 0.29) is 34.8 Å². The van der Waals surface area contributed by atoms with Gasteiger partial charge in [-0.2, -0.15) is 0 Å².